The van der Waals surface area contributed by atoms with Gasteiger partial charge in [0.05, 0.1) is 5.25 Å². The Hall–Kier alpha value is -2.87. The molecule has 0 saturated carbocycles. The van der Waals surface area contributed by atoms with Crippen molar-refractivity contribution in [3.05, 3.63) is 59.2 Å². The minimum absolute atomic E-state index is 0.0372. The van der Waals surface area contributed by atoms with Gasteiger partial charge in [0.25, 0.3) is 11.8 Å². The summed E-state index contributed by atoms with van der Waals surface area (Å²) in [6.45, 7) is 8.76. The Morgan fingerprint density at radius 3 is 1.97 bits per heavy atom. The highest BCUT2D eigenvalue weighted by Gasteiger charge is 2.16. The smallest absolute Gasteiger partial charge is 0.255 e. The number of hydrogen-bond donors (Lipinski definition) is 3. The molecule has 8 heteroatoms. The molecule has 0 radical (unpaired) electrons. The lowest BCUT2D eigenvalue weighted by molar-refractivity contribution is 0.0942. The maximum Gasteiger partial charge on any atom is 0.255 e. The average Bonchev–Trinajstić information content (AvgIpc) is 2.62. The van der Waals surface area contributed by atoms with Gasteiger partial charge in [0.15, 0.2) is 0 Å². The molecule has 2 aromatic rings. The molecule has 2 aromatic carbocycles. The molecule has 2 amide bonds. The largest absolute Gasteiger partial charge is 0.350 e. The number of rotatable bonds is 7. The van der Waals surface area contributed by atoms with Crippen molar-refractivity contribution in [2.75, 3.05) is 10.0 Å². The number of amides is 2. The van der Waals surface area contributed by atoms with Gasteiger partial charge < -0.3 is 10.6 Å². The van der Waals surface area contributed by atoms with Gasteiger partial charge in [-0.1, -0.05) is 0 Å². The lowest BCUT2D eigenvalue weighted by atomic mass is 10.1. The van der Waals surface area contributed by atoms with Gasteiger partial charge in [-0.3, -0.25) is 14.3 Å². The molecule has 0 saturated heterocycles. The quantitative estimate of drug-likeness (QED) is 0.641. The van der Waals surface area contributed by atoms with Crippen LogP contribution in [0.4, 0.5) is 11.4 Å². The summed E-state index contributed by atoms with van der Waals surface area (Å²) < 4.78 is 26.3. The van der Waals surface area contributed by atoms with E-state index in [0.717, 1.165) is 5.56 Å². The molecular formula is C21H27N3O4S. The first kappa shape index (κ1) is 22.4. The third-order valence-corrected chi connectivity index (χ3v) is 5.95. The van der Waals surface area contributed by atoms with Gasteiger partial charge in [0, 0.05) is 28.5 Å². The molecule has 0 aromatic heterocycles. The number of benzene rings is 2. The topological polar surface area (TPSA) is 104 Å². The van der Waals surface area contributed by atoms with E-state index in [4.69, 9.17) is 0 Å². The van der Waals surface area contributed by atoms with Gasteiger partial charge in [-0.25, -0.2) is 8.42 Å². The number of anilines is 2. The van der Waals surface area contributed by atoms with E-state index < -0.39 is 15.3 Å². The molecule has 0 aliphatic heterocycles. The minimum atomic E-state index is -3.44. The molecule has 3 N–H and O–H groups in total. The van der Waals surface area contributed by atoms with Crippen molar-refractivity contribution in [3.63, 3.8) is 0 Å². The number of carbonyl (C=O) groups is 2. The third-order valence-electron chi connectivity index (χ3n) is 4.18. The summed E-state index contributed by atoms with van der Waals surface area (Å²) in [5.74, 6) is -0.494. The van der Waals surface area contributed by atoms with Gasteiger partial charge in [-0.05, 0) is 82.6 Å². The van der Waals surface area contributed by atoms with Crippen LogP contribution >= 0.6 is 0 Å². The van der Waals surface area contributed by atoms with E-state index >= 15 is 0 Å². The van der Waals surface area contributed by atoms with Crippen LogP contribution in [-0.2, 0) is 10.0 Å². The van der Waals surface area contributed by atoms with E-state index in [2.05, 4.69) is 15.4 Å². The molecule has 0 spiro atoms. The van der Waals surface area contributed by atoms with E-state index in [9.17, 15) is 18.0 Å². The van der Waals surface area contributed by atoms with E-state index in [-0.39, 0.29) is 17.9 Å². The minimum Gasteiger partial charge on any atom is -0.350 e. The Balaban J connectivity index is 2.09. The monoisotopic (exact) mass is 417 g/mol. The van der Waals surface area contributed by atoms with Crippen LogP contribution in [0.3, 0.4) is 0 Å². The second-order valence-corrected chi connectivity index (χ2v) is 9.62. The Bertz CT molecular complexity index is 997. The van der Waals surface area contributed by atoms with Crippen LogP contribution in [0.2, 0.25) is 0 Å². The molecule has 0 fully saturated rings. The zero-order valence-electron chi connectivity index (χ0n) is 17.2. The molecule has 156 valence electrons. The van der Waals surface area contributed by atoms with Crippen molar-refractivity contribution in [1.82, 2.24) is 5.32 Å². The lowest BCUT2D eigenvalue weighted by Gasteiger charge is -2.13. The zero-order valence-corrected chi connectivity index (χ0v) is 18.1. The van der Waals surface area contributed by atoms with Gasteiger partial charge in [-0.15, -0.1) is 0 Å². The SMILES string of the molecule is Cc1cc(C(=O)NC(C)C)ccc1NC(=O)c1ccc(NS(=O)(=O)C(C)C)cc1. The zero-order chi connectivity index (χ0) is 21.8. The number of sulfonamides is 1. The van der Waals surface area contributed by atoms with Gasteiger partial charge >= 0.3 is 0 Å². The molecule has 0 heterocycles. The summed E-state index contributed by atoms with van der Waals surface area (Å²) in [4.78, 5) is 24.6. The Labute approximate surface area is 172 Å². The van der Waals surface area contributed by atoms with Crippen LogP contribution in [-0.4, -0.2) is 31.5 Å². The molecule has 0 aliphatic rings. The third kappa shape index (κ3) is 6.05. The second-order valence-electron chi connectivity index (χ2n) is 7.39. The average molecular weight is 418 g/mol. The second kappa shape index (κ2) is 9.09. The predicted molar refractivity (Wildman–Crippen MR) is 116 cm³/mol. The molecule has 0 bridgehead atoms. The van der Waals surface area contributed by atoms with E-state index in [0.29, 0.717) is 22.5 Å². The van der Waals surface area contributed by atoms with Crippen LogP contribution in [0.5, 0.6) is 0 Å². The molecule has 7 nitrogen and oxygen atoms in total. The summed E-state index contributed by atoms with van der Waals surface area (Å²) in [5, 5.41) is 5.08. The summed E-state index contributed by atoms with van der Waals surface area (Å²) in [6, 6.07) is 11.3. The molecule has 0 unspecified atom stereocenters. The van der Waals surface area contributed by atoms with Crippen LogP contribution in [0.25, 0.3) is 0 Å². The van der Waals surface area contributed by atoms with Gasteiger partial charge in [0.2, 0.25) is 10.0 Å². The first-order valence-electron chi connectivity index (χ1n) is 9.34. The van der Waals surface area contributed by atoms with Crippen molar-refractivity contribution in [2.45, 2.75) is 45.9 Å². The molecule has 2 rings (SSSR count). The number of carbonyl (C=O) groups excluding carboxylic acids is 2. The van der Waals surface area contributed by atoms with Crippen LogP contribution < -0.4 is 15.4 Å². The van der Waals surface area contributed by atoms with Crippen molar-refractivity contribution >= 4 is 33.2 Å². The number of nitrogens with one attached hydrogen (secondary N) is 3. The molecule has 0 atom stereocenters. The van der Waals surface area contributed by atoms with E-state index in [1.807, 2.05) is 20.8 Å². The lowest BCUT2D eigenvalue weighted by Crippen LogP contribution is -2.30. The summed E-state index contributed by atoms with van der Waals surface area (Å²) in [7, 11) is -3.44. The van der Waals surface area contributed by atoms with E-state index in [1.54, 1.807) is 56.3 Å². The standard InChI is InChI=1S/C21H27N3O4S/c1-13(2)22-21(26)17-8-11-19(15(5)12-17)23-20(25)16-6-9-18(10-7-16)24-29(27,28)14(3)4/h6-14,24H,1-5H3,(H,22,26)(H,23,25). The molecule has 29 heavy (non-hydrogen) atoms. The Morgan fingerprint density at radius 2 is 1.45 bits per heavy atom. The number of hydrogen-bond acceptors (Lipinski definition) is 4. The van der Waals surface area contributed by atoms with Gasteiger partial charge in [-0.2, -0.15) is 0 Å². The Kier molecular flexibility index (Phi) is 7.02. The van der Waals surface area contributed by atoms with Crippen molar-refractivity contribution in [3.8, 4) is 0 Å². The highest BCUT2D eigenvalue weighted by atomic mass is 32.2. The summed E-state index contributed by atoms with van der Waals surface area (Å²) >= 11 is 0. The van der Waals surface area contributed by atoms with Gasteiger partial charge in [0.1, 0.15) is 0 Å². The normalized spacial score (nSPS) is 11.4. The first-order chi connectivity index (χ1) is 13.5. The van der Waals surface area contributed by atoms with Crippen LogP contribution in [0, 0.1) is 6.92 Å². The maximum atomic E-state index is 12.5. The first-order valence-corrected chi connectivity index (χ1v) is 10.9. The van der Waals surface area contributed by atoms with Crippen molar-refractivity contribution < 1.29 is 18.0 Å². The highest BCUT2D eigenvalue weighted by molar-refractivity contribution is 7.93. The fourth-order valence-electron chi connectivity index (χ4n) is 2.46. The van der Waals surface area contributed by atoms with E-state index in [1.165, 1.54) is 0 Å². The fourth-order valence-corrected chi connectivity index (χ4v) is 3.16. The van der Waals surface area contributed by atoms with Crippen molar-refractivity contribution in [1.29, 1.82) is 0 Å². The maximum absolute atomic E-state index is 12.5. The molecular weight excluding hydrogens is 390 g/mol. The molecule has 0 aliphatic carbocycles. The summed E-state index contributed by atoms with van der Waals surface area (Å²) in [5.41, 5.74) is 2.67. The van der Waals surface area contributed by atoms with Crippen LogP contribution in [0.15, 0.2) is 42.5 Å². The summed E-state index contributed by atoms with van der Waals surface area (Å²) in [6.07, 6.45) is 0. The van der Waals surface area contributed by atoms with Crippen LogP contribution in [0.1, 0.15) is 54.0 Å². The fraction of sp³-hybridized carbons (Fsp3) is 0.333. The van der Waals surface area contributed by atoms with Crippen molar-refractivity contribution in [2.24, 2.45) is 0 Å². The predicted octanol–water partition coefficient (Wildman–Crippen LogP) is 3.54. The Morgan fingerprint density at radius 1 is 0.862 bits per heavy atom. The highest BCUT2D eigenvalue weighted by Crippen LogP contribution is 2.19. The number of aryl methyl sites for hydroxylation is 1.